The zero-order valence-electron chi connectivity index (χ0n) is 20.8. The lowest BCUT2D eigenvalue weighted by Crippen LogP contribution is -2.42. The number of methoxy groups -OCH3 is 1. The molecule has 35 heavy (non-hydrogen) atoms. The molecule has 2 aliphatic rings. The molecule has 2 fully saturated rings. The molecule has 192 valence electrons. The number of pyridine rings is 1. The number of hydrogen-bond donors (Lipinski definition) is 1. The number of likely N-dealkylation sites (tertiary alicyclic amines) is 1. The Bertz CT molecular complexity index is 968. The van der Waals surface area contributed by atoms with Crippen LogP contribution in [0, 0.1) is 11.8 Å². The van der Waals surface area contributed by atoms with E-state index in [4.69, 9.17) is 4.74 Å². The van der Waals surface area contributed by atoms with Crippen molar-refractivity contribution in [2.24, 2.45) is 11.8 Å². The van der Waals surface area contributed by atoms with Gasteiger partial charge in [0.25, 0.3) is 0 Å². The molecule has 1 aliphatic heterocycles. The Morgan fingerprint density at radius 3 is 2.83 bits per heavy atom. The third-order valence-electron chi connectivity index (χ3n) is 7.84. The van der Waals surface area contributed by atoms with Gasteiger partial charge in [0, 0.05) is 42.1 Å². The van der Waals surface area contributed by atoms with Gasteiger partial charge in [-0.25, -0.2) is 4.39 Å². The second-order valence-corrected chi connectivity index (χ2v) is 11.6. The van der Waals surface area contributed by atoms with E-state index in [1.807, 2.05) is 18.2 Å². The van der Waals surface area contributed by atoms with Crippen LogP contribution in [0.1, 0.15) is 69.5 Å². The standard InChI is InChI=1S/C28H39FN2O3S/c1-34-22-8-10-27-25(18-22)24(11-13-30-27)26(29)9-7-20-12-14-31(19-21(20)17-28(32)33)15-16-35-23-5-3-2-4-6-23/h8,10-11,13,18,20-21,23,26H,2-7,9,12,14-17,19H2,1H3,(H,32,33)/t20-,21+,26+/m1/s1. The van der Waals surface area contributed by atoms with Crippen LogP contribution in [0.3, 0.4) is 0 Å². The number of carbonyl (C=O) groups is 1. The Morgan fingerprint density at radius 1 is 1.23 bits per heavy atom. The van der Waals surface area contributed by atoms with Crippen LogP contribution in [0.2, 0.25) is 0 Å². The highest BCUT2D eigenvalue weighted by Gasteiger charge is 2.31. The molecule has 1 aliphatic carbocycles. The minimum atomic E-state index is -1.11. The quantitative estimate of drug-likeness (QED) is 0.378. The maximum absolute atomic E-state index is 15.5. The number of fused-ring (bicyclic) bond motifs is 1. The first kappa shape index (κ1) is 26.2. The number of rotatable bonds is 11. The summed E-state index contributed by atoms with van der Waals surface area (Å²) in [5.41, 5.74) is 1.40. The summed E-state index contributed by atoms with van der Waals surface area (Å²) in [7, 11) is 1.60. The lowest BCUT2D eigenvalue weighted by atomic mass is 9.79. The van der Waals surface area contributed by atoms with Crippen LogP contribution in [0.5, 0.6) is 5.75 Å². The molecule has 0 amide bonds. The fourth-order valence-corrected chi connectivity index (χ4v) is 7.20. The number of thioether (sulfide) groups is 1. The molecule has 7 heteroatoms. The van der Waals surface area contributed by atoms with Crippen molar-refractivity contribution in [2.45, 2.75) is 69.2 Å². The molecule has 0 bridgehead atoms. The van der Waals surface area contributed by atoms with E-state index in [9.17, 15) is 9.90 Å². The predicted octanol–water partition coefficient (Wildman–Crippen LogP) is 6.51. The molecule has 1 saturated heterocycles. The molecule has 2 aromatic rings. The Kier molecular flexibility index (Phi) is 9.67. The van der Waals surface area contributed by atoms with E-state index in [-0.39, 0.29) is 18.3 Å². The Morgan fingerprint density at radius 2 is 2.06 bits per heavy atom. The summed E-state index contributed by atoms with van der Waals surface area (Å²) in [6, 6.07) is 7.30. The number of carboxylic acids is 1. The maximum atomic E-state index is 15.5. The molecule has 2 heterocycles. The number of benzene rings is 1. The van der Waals surface area contributed by atoms with Crippen molar-refractivity contribution >= 4 is 28.6 Å². The highest BCUT2D eigenvalue weighted by atomic mass is 32.2. The van der Waals surface area contributed by atoms with Gasteiger partial charge in [0.15, 0.2) is 0 Å². The summed E-state index contributed by atoms with van der Waals surface area (Å²) in [4.78, 5) is 18.4. The summed E-state index contributed by atoms with van der Waals surface area (Å²) >= 11 is 2.10. The summed E-state index contributed by atoms with van der Waals surface area (Å²) in [6.45, 7) is 2.83. The minimum absolute atomic E-state index is 0.0856. The third kappa shape index (κ3) is 7.32. The van der Waals surface area contributed by atoms with Gasteiger partial charge in [-0.2, -0.15) is 11.8 Å². The van der Waals surface area contributed by atoms with Gasteiger partial charge in [-0.1, -0.05) is 19.3 Å². The van der Waals surface area contributed by atoms with Crippen LogP contribution in [-0.4, -0.2) is 58.7 Å². The molecule has 1 aromatic heterocycles. The summed E-state index contributed by atoms with van der Waals surface area (Å²) in [5.74, 6) is 1.40. The van der Waals surface area contributed by atoms with Gasteiger partial charge in [-0.3, -0.25) is 9.78 Å². The molecule has 0 unspecified atom stereocenters. The van der Waals surface area contributed by atoms with Crippen molar-refractivity contribution < 1.29 is 19.0 Å². The predicted molar refractivity (Wildman–Crippen MR) is 141 cm³/mol. The van der Waals surface area contributed by atoms with Crippen LogP contribution in [0.15, 0.2) is 30.5 Å². The third-order valence-corrected chi connectivity index (χ3v) is 9.20. The van der Waals surface area contributed by atoms with E-state index in [1.165, 1.54) is 32.1 Å². The van der Waals surface area contributed by atoms with Crippen molar-refractivity contribution in [3.63, 3.8) is 0 Å². The lowest BCUT2D eigenvalue weighted by Gasteiger charge is -2.38. The Labute approximate surface area is 212 Å². The Hall–Kier alpha value is -1.86. The number of hydrogen-bond acceptors (Lipinski definition) is 5. The van der Waals surface area contributed by atoms with E-state index >= 15 is 4.39 Å². The average Bonchev–Trinajstić information content (AvgIpc) is 2.87. The van der Waals surface area contributed by atoms with Crippen LogP contribution < -0.4 is 4.74 Å². The number of carboxylic acid groups (broad SMARTS) is 1. The number of aromatic nitrogens is 1. The largest absolute Gasteiger partial charge is 0.497 e. The molecule has 0 spiro atoms. The van der Waals surface area contributed by atoms with Gasteiger partial charge >= 0.3 is 5.97 Å². The number of halogens is 1. The number of alkyl halides is 1. The lowest BCUT2D eigenvalue weighted by molar-refractivity contribution is -0.139. The van der Waals surface area contributed by atoms with Crippen LogP contribution >= 0.6 is 11.8 Å². The van der Waals surface area contributed by atoms with Gasteiger partial charge in [0.05, 0.1) is 12.6 Å². The van der Waals surface area contributed by atoms with Gasteiger partial charge in [0.2, 0.25) is 0 Å². The molecular weight excluding hydrogens is 463 g/mol. The van der Waals surface area contributed by atoms with E-state index in [0.717, 1.165) is 48.0 Å². The van der Waals surface area contributed by atoms with Crippen LogP contribution in [0.25, 0.3) is 10.9 Å². The average molecular weight is 503 g/mol. The van der Waals surface area contributed by atoms with Crippen molar-refractivity contribution in [1.82, 2.24) is 9.88 Å². The molecule has 4 rings (SSSR count). The maximum Gasteiger partial charge on any atom is 0.303 e. The van der Waals surface area contributed by atoms with Crippen LogP contribution in [0.4, 0.5) is 4.39 Å². The fourth-order valence-electron chi connectivity index (χ4n) is 5.84. The summed E-state index contributed by atoms with van der Waals surface area (Å²) in [5, 5.41) is 11.1. The number of ether oxygens (including phenoxy) is 1. The topological polar surface area (TPSA) is 62.7 Å². The molecule has 5 nitrogen and oxygen atoms in total. The highest BCUT2D eigenvalue weighted by Crippen LogP contribution is 2.36. The molecule has 1 N–H and O–H groups in total. The normalized spacial score (nSPS) is 22.8. The first-order valence-corrected chi connectivity index (χ1v) is 14.2. The van der Waals surface area contributed by atoms with Crippen molar-refractivity contribution in [3.05, 3.63) is 36.0 Å². The van der Waals surface area contributed by atoms with Crippen molar-refractivity contribution in [1.29, 1.82) is 0 Å². The number of nitrogens with zero attached hydrogens (tertiary/aromatic N) is 2. The SMILES string of the molecule is COc1ccc2nccc([C@@H](F)CC[C@@H]3CCN(CCSC4CCCCC4)C[C@@H]3CC(=O)O)c2c1. The molecule has 1 aromatic carbocycles. The van der Waals surface area contributed by atoms with E-state index in [2.05, 4.69) is 21.6 Å². The second-order valence-electron chi connectivity index (χ2n) is 10.2. The van der Waals surface area contributed by atoms with Gasteiger partial charge < -0.3 is 14.7 Å². The number of aliphatic carboxylic acids is 1. The molecule has 1 saturated carbocycles. The zero-order valence-corrected chi connectivity index (χ0v) is 21.6. The number of piperidine rings is 1. The first-order valence-electron chi connectivity index (χ1n) is 13.2. The smallest absolute Gasteiger partial charge is 0.303 e. The highest BCUT2D eigenvalue weighted by molar-refractivity contribution is 7.99. The first-order chi connectivity index (χ1) is 17.0. The van der Waals surface area contributed by atoms with E-state index in [1.54, 1.807) is 19.4 Å². The summed E-state index contributed by atoms with van der Waals surface area (Å²) in [6.07, 6.45) is 9.57. The van der Waals surface area contributed by atoms with Gasteiger partial charge in [-0.05, 0) is 80.3 Å². The summed E-state index contributed by atoms with van der Waals surface area (Å²) < 4.78 is 20.8. The minimum Gasteiger partial charge on any atom is -0.497 e. The van der Waals surface area contributed by atoms with Crippen LogP contribution in [-0.2, 0) is 4.79 Å². The molecule has 0 radical (unpaired) electrons. The fraction of sp³-hybridized carbons (Fsp3) is 0.643. The Balaban J connectivity index is 1.32. The van der Waals surface area contributed by atoms with E-state index < -0.39 is 12.1 Å². The van der Waals surface area contributed by atoms with E-state index in [0.29, 0.717) is 24.2 Å². The van der Waals surface area contributed by atoms with Gasteiger partial charge in [0.1, 0.15) is 11.9 Å². The van der Waals surface area contributed by atoms with Crippen molar-refractivity contribution in [2.75, 3.05) is 32.5 Å². The van der Waals surface area contributed by atoms with Crippen molar-refractivity contribution in [3.8, 4) is 5.75 Å². The second kappa shape index (κ2) is 12.9. The monoisotopic (exact) mass is 502 g/mol. The molecule has 3 atom stereocenters. The van der Waals surface area contributed by atoms with Gasteiger partial charge in [-0.15, -0.1) is 0 Å². The molecular formula is C28H39FN2O3S. The zero-order chi connectivity index (χ0) is 24.6.